The Bertz CT molecular complexity index is 834. The molecule has 1 fully saturated rings. The number of rotatable bonds is 3. The Labute approximate surface area is 135 Å². The molecule has 4 rings (SSSR count). The summed E-state index contributed by atoms with van der Waals surface area (Å²) in [6.45, 7) is -0.234. The van der Waals surface area contributed by atoms with Gasteiger partial charge in [-0.25, -0.2) is 9.97 Å². The van der Waals surface area contributed by atoms with Gasteiger partial charge in [0.2, 0.25) is 5.95 Å². The molecule has 1 aliphatic heterocycles. The smallest absolute Gasteiger partial charge is 0.222 e. The van der Waals surface area contributed by atoms with Crippen LogP contribution in [-0.4, -0.2) is 48.5 Å². The molecule has 1 unspecified atom stereocenters. The minimum absolute atomic E-state index is 0.153. The van der Waals surface area contributed by atoms with E-state index in [9.17, 15) is 10.2 Å². The highest BCUT2D eigenvalue weighted by Gasteiger charge is 2.35. The Morgan fingerprint density at radius 3 is 3.00 bits per heavy atom. The second-order valence-corrected chi connectivity index (χ2v) is 6.29. The van der Waals surface area contributed by atoms with Crippen LogP contribution >= 0.6 is 11.3 Å². The molecule has 3 aromatic rings. The van der Waals surface area contributed by atoms with Crippen LogP contribution in [0.5, 0.6) is 0 Å². The molecule has 8 nitrogen and oxygen atoms in total. The zero-order valence-corrected chi connectivity index (χ0v) is 12.8. The van der Waals surface area contributed by atoms with Crippen LogP contribution < -0.4 is 5.73 Å². The van der Waals surface area contributed by atoms with Crippen LogP contribution in [0.25, 0.3) is 21.7 Å². The first-order valence-electron chi connectivity index (χ1n) is 7.15. The molecular formula is C14H15N5O3S. The quantitative estimate of drug-likeness (QED) is 0.648. The fourth-order valence-corrected chi connectivity index (χ4v) is 3.49. The average Bonchev–Trinajstić information content (AvgIpc) is 3.24. The van der Waals surface area contributed by atoms with Crippen molar-refractivity contribution in [3.05, 3.63) is 23.8 Å². The van der Waals surface area contributed by atoms with Crippen LogP contribution in [0.2, 0.25) is 0 Å². The molecular weight excluding hydrogens is 318 g/mol. The summed E-state index contributed by atoms with van der Waals surface area (Å²) in [6, 6.07) is 3.88. The molecule has 0 bridgehead atoms. The summed E-state index contributed by atoms with van der Waals surface area (Å²) in [4.78, 5) is 13.9. The molecule has 1 saturated heterocycles. The van der Waals surface area contributed by atoms with Gasteiger partial charge < -0.3 is 20.7 Å². The topological polar surface area (TPSA) is 119 Å². The summed E-state index contributed by atoms with van der Waals surface area (Å²) in [7, 11) is 0. The molecule has 4 N–H and O–H groups in total. The number of imidazole rings is 1. The van der Waals surface area contributed by atoms with Crippen molar-refractivity contribution < 1.29 is 14.9 Å². The predicted octanol–water partition coefficient (Wildman–Crippen LogP) is 0.778. The molecule has 0 aliphatic carbocycles. The Hall–Kier alpha value is -2.07. The first-order chi connectivity index (χ1) is 11.2. The van der Waals surface area contributed by atoms with Gasteiger partial charge in [0.05, 0.1) is 23.9 Å². The van der Waals surface area contributed by atoms with E-state index >= 15 is 0 Å². The van der Waals surface area contributed by atoms with Gasteiger partial charge in [0.15, 0.2) is 5.65 Å². The van der Waals surface area contributed by atoms with Crippen LogP contribution in [0.15, 0.2) is 23.8 Å². The molecule has 3 aromatic heterocycles. The Morgan fingerprint density at radius 1 is 1.43 bits per heavy atom. The first-order valence-corrected chi connectivity index (χ1v) is 8.03. The van der Waals surface area contributed by atoms with Gasteiger partial charge in [-0.15, -0.1) is 11.3 Å². The number of hydrogen-bond acceptors (Lipinski definition) is 8. The van der Waals surface area contributed by atoms with Gasteiger partial charge in [0.1, 0.15) is 23.5 Å². The lowest BCUT2D eigenvalue weighted by molar-refractivity contribution is -0.0432. The van der Waals surface area contributed by atoms with Crippen molar-refractivity contribution in [1.82, 2.24) is 19.5 Å². The number of nitrogens with zero attached hydrogens (tertiary/aromatic N) is 4. The van der Waals surface area contributed by atoms with Crippen molar-refractivity contribution in [2.75, 3.05) is 12.3 Å². The summed E-state index contributed by atoms with van der Waals surface area (Å²) in [5.74, 6) is 0.153. The standard InChI is InChI=1S/C14H15N5O3S/c15-14-17-11(9-2-1-3-23-9)12-13(18-14)19(6-16-12)10-4-7(21)8(5-20)22-10/h1-3,6-8,10,20-21H,4-5H2,(H2,15,17,18)/t7?,8-,10-/m1/s1. The van der Waals surface area contributed by atoms with Gasteiger partial charge in [-0.2, -0.15) is 4.98 Å². The maximum atomic E-state index is 9.92. The number of nitrogens with two attached hydrogens (primary N) is 1. The largest absolute Gasteiger partial charge is 0.394 e. The fraction of sp³-hybridized carbons (Fsp3) is 0.357. The Morgan fingerprint density at radius 2 is 2.30 bits per heavy atom. The van der Waals surface area contributed by atoms with Crippen molar-refractivity contribution in [2.24, 2.45) is 0 Å². The highest BCUT2D eigenvalue weighted by atomic mass is 32.1. The summed E-state index contributed by atoms with van der Waals surface area (Å²) in [5.41, 5.74) is 7.71. The second kappa shape index (κ2) is 5.53. The molecule has 0 amide bonds. The fourth-order valence-electron chi connectivity index (χ4n) is 2.78. The van der Waals surface area contributed by atoms with Gasteiger partial charge in [-0.1, -0.05) is 6.07 Å². The SMILES string of the molecule is Nc1nc(-c2cccs2)c2ncn([C@H]3CC(O)[C@@H](CO)O3)c2n1. The highest BCUT2D eigenvalue weighted by Crippen LogP contribution is 2.34. The predicted molar refractivity (Wildman–Crippen MR) is 84.7 cm³/mol. The summed E-state index contributed by atoms with van der Waals surface area (Å²) < 4.78 is 7.40. The number of aliphatic hydroxyl groups excluding tert-OH is 2. The monoisotopic (exact) mass is 333 g/mol. The van der Waals surface area contributed by atoms with E-state index in [1.807, 2.05) is 17.5 Å². The van der Waals surface area contributed by atoms with Gasteiger partial charge in [0, 0.05) is 6.42 Å². The molecule has 0 radical (unpaired) electrons. The zero-order chi connectivity index (χ0) is 16.0. The highest BCUT2D eigenvalue weighted by molar-refractivity contribution is 7.13. The van der Waals surface area contributed by atoms with Crippen LogP contribution in [0.3, 0.4) is 0 Å². The number of aliphatic hydroxyl groups is 2. The van der Waals surface area contributed by atoms with Gasteiger partial charge in [0.25, 0.3) is 0 Å². The van der Waals surface area contributed by atoms with Crippen LogP contribution in [0.4, 0.5) is 5.95 Å². The van der Waals surface area contributed by atoms with Gasteiger partial charge in [-0.05, 0) is 11.4 Å². The molecule has 3 atom stereocenters. The molecule has 0 aromatic carbocycles. The third kappa shape index (κ3) is 2.38. The van der Waals surface area contributed by atoms with Gasteiger partial charge in [-0.3, -0.25) is 4.57 Å². The van der Waals surface area contributed by atoms with Crippen molar-refractivity contribution in [3.8, 4) is 10.6 Å². The third-order valence-electron chi connectivity index (χ3n) is 3.89. The maximum Gasteiger partial charge on any atom is 0.222 e. The summed E-state index contributed by atoms with van der Waals surface area (Å²) in [6.07, 6.45) is 0.187. The normalized spacial score (nSPS) is 24.5. The third-order valence-corrected chi connectivity index (χ3v) is 4.76. The first kappa shape index (κ1) is 14.5. The maximum absolute atomic E-state index is 9.92. The van der Waals surface area contributed by atoms with Crippen molar-refractivity contribution in [3.63, 3.8) is 0 Å². The molecule has 4 heterocycles. The van der Waals surface area contributed by atoms with E-state index in [1.54, 1.807) is 22.2 Å². The van der Waals surface area contributed by atoms with Crippen LogP contribution in [0, 0.1) is 0 Å². The molecule has 1 aliphatic rings. The minimum Gasteiger partial charge on any atom is -0.394 e. The van der Waals surface area contributed by atoms with E-state index in [0.717, 1.165) is 4.88 Å². The second-order valence-electron chi connectivity index (χ2n) is 5.35. The van der Waals surface area contributed by atoms with E-state index in [4.69, 9.17) is 10.5 Å². The Kier molecular flexibility index (Phi) is 3.49. The van der Waals surface area contributed by atoms with E-state index in [2.05, 4.69) is 15.0 Å². The van der Waals surface area contributed by atoms with Crippen LogP contribution in [0.1, 0.15) is 12.6 Å². The number of aromatic nitrogens is 4. The molecule has 23 heavy (non-hydrogen) atoms. The lowest BCUT2D eigenvalue weighted by atomic mass is 10.2. The average molecular weight is 333 g/mol. The number of ether oxygens (including phenoxy) is 1. The van der Waals surface area contributed by atoms with E-state index in [-0.39, 0.29) is 12.6 Å². The zero-order valence-electron chi connectivity index (χ0n) is 12.0. The van der Waals surface area contributed by atoms with Crippen molar-refractivity contribution in [2.45, 2.75) is 24.9 Å². The summed E-state index contributed by atoms with van der Waals surface area (Å²) in [5, 5.41) is 21.1. The number of anilines is 1. The number of hydrogen-bond donors (Lipinski definition) is 3. The van der Waals surface area contributed by atoms with E-state index in [0.29, 0.717) is 23.3 Å². The van der Waals surface area contributed by atoms with Crippen LogP contribution in [-0.2, 0) is 4.74 Å². The minimum atomic E-state index is -0.724. The molecule has 0 spiro atoms. The number of fused-ring (bicyclic) bond motifs is 1. The van der Waals surface area contributed by atoms with Gasteiger partial charge >= 0.3 is 0 Å². The molecule has 120 valence electrons. The van der Waals surface area contributed by atoms with E-state index in [1.165, 1.54) is 0 Å². The molecule has 0 saturated carbocycles. The number of thiophene rings is 1. The van der Waals surface area contributed by atoms with Crippen molar-refractivity contribution in [1.29, 1.82) is 0 Å². The molecule has 9 heteroatoms. The Balaban J connectivity index is 1.81. The summed E-state index contributed by atoms with van der Waals surface area (Å²) >= 11 is 1.55. The lowest BCUT2D eigenvalue weighted by Crippen LogP contribution is -2.24. The lowest BCUT2D eigenvalue weighted by Gasteiger charge is -2.13. The van der Waals surface area contributed by atoms with Crippen molar-refractivity contribution >= 4 is 28.4 Å². The van der Waals surface area contributed by atoms with E-state index < -0.39 is 18.4 Å². The number of nitrogen functional groups attached to an aromatic ring is 1.